The van der Waals surface area contributed by atoms with Gasteiger partial charge >= 0.3 is 0 Å². The molecule has 2 saturated carbocycles. The second-order valence-electron chi connectivity index (χ2n) is 11.3. The highest BCUT2D eigenvalue weighted by atomic mass is 35.5. The molecule has 0 radical (unpaired) electrons. The van der Waals surface area contributed by atoms with Gasteiger partial charge in [-0.15, -0.1) is 0 Å². The Hall–Kier alpha value is -4.04. The first-order chi connectivity index (χ1) is 20.3. The Morgan fingerprint density at radius 3 is 2.17 bits per heavy atom. The molecule has 7 nitrogen and oxygen atoms in total. The number of nitrogens with zero attached hydrogens (tertiary/aromatic N) is 2. The second kappa shape index (κ2) is 11.7. The number of rotatable bonds is 7. The number of amides is 4. The van der Waals surface area contributed by atoms with E-state index in [1.807, 2.05) is 0 Å². The van der Waals surface area contributed by atoms with Crippen LogP contribution in [0.15, 0.2) is 72.8 Å². The molecule has 1 atom stereocenters. The summed E-state index contributed by atoms with van der Waals surface area (Å²) in [6, 6.07) is 17.5. The third-order valence-corrected chi connectivity index (χ3v) is 8.98. The van der Waals surface area contributed by atoms with Crippen LogP contribution in [0.2, 0.25) is 5.02 Å². The van der Waals surface area contributed by atoms with Crippen molar-refractivity contribution in [2.24, 2.45) is 5.92 Å². The molecule has 216 valence electrons. The molecule has 0 bridgehead atoms. The normalized spacial score (nSPS) is 21.0. The van der Waals surface area contributed by atoms with Crippen molar-refractivity contribution in [3.8, 4) is 0 Å². The maximum absolute atomic E-state index is 14.5. The minimum absolute atomic E-state index is 0.0254. The number of anilines is 1. The van der Waals surface area contributed by atoms with Gasteiger partial charge in [0.1, 0.15) is 11.9 Å². The van der Waals surface area contributed by atoms with Crippen molar-refractivity contribution in [1.29, 1.82) is 0 Å². The molecule has 2 fully saturated rings. The number of imide groups is 1. The van der Waals surface area contributed by atoms with E-state index in [2.05, 4.69) is 5.32 Å². The molecule has 4 amide bonds. The molecular weight excluding hydrogens is 557 g/mol. The smallest absolute Gasteiger partial charge is 0.261 e. The van der Waals surface area contributed by atoms with Crippen molar-refractivity contribution < 1.29 is 23.6 Å². The summed E-state index contributed by atoms with van der Waals surface area (Å²) < 4.78 is 14.5. The van der Waals surface area contributed by atoms with Crippen LogP contribution in [0.1, 0.15) is 77.3 Å². The average Bonchev–Trinajstić information content (AvgIpc) is 3.21. The molecule has 42 heavy (non-hydrogen) atoms. The van der Waals surface area contributed by atoms with Gasteiger partial charge in [0.2, 0.25) is 11.8 Å². The van der Waals surface area contributed by atoms with E-state index in [1.54, 1.807) is 54.6 Å². The predicted octanol–water partition coefficient (Wildman–Crippen LogP) is 6.08. The molecular formula is C33H31ClFN3O4. The summed E-state index contributed by atoms with van der Waals surface area (Å²) in [5.74, 6) is -2.65. The van der Waals surface area contributed by atoms with Crippen LogP contribution in [0.4, 0.5) is 10.1 Å². The van der Waals surface area contributed by atoms with Crippen molar-refractivity contribution in [3.05, 3.63) is 100 Å². The summed E-state index contributed by atoms with van der Waals surface area (Å²) >= 11 is 6.61. The molecule has 3 aromatic rings. The van der Waals surface area contributed by atoms with Crippen molar-refractivity contribution in [1.82, 2.24) is 10.2 Å². The fourth-order valence-electron chi connectivity index (χ4n) is 6.39. The summed E-state index contributed by atoms with van der Waals surface area (Å²) in [4.78, 5) is 56.9. The highest BCUT2D eigenvalue weighted by Crippen LogP contribution is 2.41. The Morgan fingerprint density at radius 2 is 1.52 bits per heavy atom. The SMILES string of the molecule is O=C(NC1CCCCC1)C(c1ccccc1Cl)N(C(=O)C1CC(N2C(=O)c3ccccc3C2=O)C1)c1cccc(F)c1. The molecule has 1 N–H and O–H groups in total. The van der Waals surface area contributed by atoms with Gasteiger partial charge in [0.05, 0.1) is 11.1 Å². The summed E-state index contributed by atoms with van der Waals surface area (Å²) in [5, 5.41) is 3.44. The van der Waals surface area contributed by atoms with Crippen LogP contribution in [-0.4, -0.2) is 40.6 Å². The van der Waals surface area contributed by atoms with E-state index in [1.165, 1.54) is 28.0 Å². The summed E-state index contributed by atoms with van der Waals surface area (Å²) in [7, 11) is 0. The first kappa shape index (κ1) is 28.1. The van der Waals surface area contributed by atoms with Gasteiger partial charge in [0.15, 0.2) is 0 Å². The van der Waals surface area contributed by atoms with Crippen LogP contribution in [0, 0.1) is 11.7 Å². The maximum Gasteiger partial charge on any atom is 0.261 e. The quantitative estimate of drug-likeness (QED) is 0.340. The van der Waals surface area contributed by atoms with Gasteiger partial charge in [-0.1, -0.05) is 67.3 Å². The summed E-state index contributed by atoms with van der Waals surface area (Å²) in [5.41, 5.74) is 1.38. The standard InChI is InChI=1S/C33H31ClFN3O4/c34-28-16-7-6-15-27(28)29(30(39)36-22-10-2-1-3-11-22)37(23-12-8-9-21(35)19-23)31(40)20-17-24(18-20)38-32(41)25-13-4-5-14-26(25)33(38)42/h4-9,12-16,19-20,22,24,29H,1-3,10-11,17-18H2,(H,36,39). The van der Waals surface area contributed by atoms with Gasteiger partial charge in [0.25, 0.3) is 11.8 Å². The minimum atomic E-state index is -1.15. The van der Waals surface area contributed by atoms with Crippen molar-refractivity contribution in [3.63, 3.8) is 0 Å². The molecule has 3 aliphatic rings. The van der Waals surface area contributed by atoms with Crippen LogP contribution >= 0.6 is 11.6 Å². The van der Waals surface area contributed by atoms with Gasteiger partial charge < -0.3 is 5.32 Å². The molecule has 2 aliphatic carbocycles. The third kappa shape index (κ3) is 5.20. The monoisotopic (exact) mass is 587 g/mol. The molecule has 1 heterocycles. The molecule has 1 aliphatic heterocycles. The molecule has 6 rings (SSSR count). The third-order valence-electron chi connectivity index (χ3n) is 8.63. The van der Waals surface area contributed by atoms with Gasteiger partial charge in [-0.25, -0.2) is 4.39 Å². The first-order valence-corrected chi connectivity index (χ1v) is 14.8. The maximum atomic E-state index is 14.5. The van der Waals surface area contributed by atoms with Gasteiger partial charge in [-0.2, -0.15) is 0 Å². The van der Waals surface area contributed by atoms with Crippen molar-refractivity contribution in [2.75, 3.05) is 4.90 Å². The van der Waals surface area contributed by atoms with Crippen molar-refractivity contribution >= 4 is 40.9 Å². The Kier molecular flexibility index (Phi) is 7.82. The fraction of sp³-hybridized carbons (Fsp3) is 0.333. The lowest BCUT2D eigenvalue weighted by molar-refractivity contribution is -0.131. The largest absolute Gasteiger partial charge is 0.351 e. The number of fused-ring (bicyclic) bond motifs is 1. The molecule has 9 heteroatoms. The number of hydrogen-bond donors (Lipinski definition) is 1. The van der Waals surface area contributed by atoms with Crippen LogP contribution < -0.4 is 10.2 Å². The average molecular weight is 588 g/mol. The zero-order chi connectivity index (χ0) is 29.4. The van der Waals surface area contributed by atoms with Gasteiger partial charge in [0, 0.05) is 34.3 Å². The van der Waals surface area contributed by atoms with Crippen LogP contribution in [0.25, 0.3) is 0 Å². The molecule has 0 aromatic heterocycles. The highest BCUT2D eigenvalue weighted by molar-refractivity contribution is 6.31. The number of carbonyl (C=O) groups is 4. The fourth-order valence-corrected chi connectivity index (χ4v) is 6.63. The number of halogens is 2. The number of nitrogens with one attached hydrogen (secondary N) is 1. The topological polar surface area (TPSA) is 86.8 Å². The van der Waals surface area contributed by atoms with E-state index in [0.29, 0.717) is 21.7 Å². The summed E-state index contributed by atoms with van der Waals surface area (Å²) in [6.45, 7) is 0. The number of hydrogen-bond acceptors (Lipinski definition) is 4. The van der Waals surface area contributed by atoms with E-state index in [0.717, 1.165) is 32.1 Å². The number of carbonyl (C=O) groups excluding carboxylic acids is 4. The first-order valence-electron chi connectivity index (χ1n) is 14.4. The Bertz CT molecular complexity index is 1510. The van der Waals surface area contributed by atoms with E-state index in [4.69, 9.17) is 11.6 Å². The molecule has 0 saturated heterocycles. The van der Waals surface area contributed by atoms with E-state index in [9.17, 15) is 23.6 Å². The van der Waals surface area contributed by atoms with E-state index < -0.39 is 29.7 Å². The van der Waals surface area contributed by atoms with Crippen LogP contribution in [0.3, 0.4) is 0 Å². The highest BCUT2D eigenvalue weighted by Gasteiger charge is 2.49. The van der Waals surface area contributed by atoms with Gasteiger partial charge in [-0.05, 0) is 62.1 Å². The lowest BCUT2D eigenvalue weighted by atomic mass is 9.77. The lowest BCUT2D eigenvalue weighted by Crippen LogP contribution is -2.54. The Morgan fingerprint density at radius 1 is 0.881 bits per heavy atom. The van der Waals surface area contributed by atoms with Crippen molar-refractivity contribution in [2.45, 2.75) is 63.1 Å². The molecule has 0 spiro atoms. The Labute approximate surface area is 248 Å². The van der Waals surface area contributed by atoms with E-state index >= 15 is 0 Å². The van der Waals surface area contributed by atoms with E-state index in [-0.39, 0.29) is 42.3 Å². The molecule has 3 aromatic carbocycles. The molecule has 1 unspecified atom stereocenters. The summed E-state index contributed by atoms with van der Waals surface area (Å²) in [6.07, 6.45) is 5.32. The Balaban J connectivity index is 1.31. The predicted molar refractivity (Wildman–Crippen MR) is 157 cm³/mol. The second-order valence-corrected chi connectivity index (χ2v) is 11.7. The lowest BCUT2D eigenvalue weighted by Gasteiger charge is -2.43. The van der Waals surface area contributed by atoms with Crippen LogP contribution in [-0.2, 0) is 9.59 Å². The number of benzene rings is 3. The van der Waals surface area contributed by atoms with Crippen LogP contribution in [0.5, 0.6) is 0 Å². The minimum Gasteiger partial charge on any atom is -0.351 e. The zero-order valence-corrected chi connectivity index (χ0v) is 23.7. The zero-order valence-electron chi connectivity index (χ0n) is 23.0. The van der Waals surface area contributed by atoms with Gasteiger partial charge in [-0.3, -0.25) is 29.0 Å².